The lowest BCUT2D eigenvalue weighted by Crippen LogP contribution is -2.52. The van der Waals surface area contributed by atoms with Crippen LogP contribution in [0.5, 0.6) is 5.75 Å². The number of fused-ring (bicyclic) bond motifs is 2. The van der Waals surface area contributed by atoms with Crippen LogP contribution in [-0.2, 0) is 28.6 Å². The summed E-state index contributed by atoms with van der Waals surface area (Å²) in [5, 5.41) is 11.2. The predicted molar refractivity (Wildman–Crippen MR) is 162 cm³/mol. The van der Waals surface area contributed by atoms with Crippen molar-refractivity contribution in [1.82, 2.24) is 21.3 Å². The molecule has 12 nitrogen and oxygen atoms in total. The maximum Gasteiger partial charge on any atom is 0.407 e. The number of hydrogen-bond donors (Lipinski definition) is 4. The molecule has 0 spiro atoms. The van der Waals surface area contributed by atoms with Crippen LogP contribution in [0.3, 0.4) is 0 Å². The van der Waals surface area contributed by atoms with E-state index >= 15 is 0 Å². The van der Waals surface area contributed by atoms with Gasteiger partial charge in [-0.25, -0.2) is 9.59 Å². The molecular formula is C31H44N4O8. The normalized spacial score (nSPS) is 22.5. The topological polar surface area (TPSA) is 153 Å². The van der Waals surface area contributed by atoms with E-state index in [1.165, 1.54) is 28.3 Å². The zero-order chi connectivity index (χ0) is 32.3. The molecule has 0 saturated carbocycles. The lowest BCUT2D eigenvalue weighted by atomic mass is 9.96. The molecule has 0 unspecified atom stereocenters. The summed E-state index contributed by atoms with van der Waals surface area (Å²) >= 11 is 0. The van der Waals surface area contributed by atoms with E-state index in [2.05, 4.69) is 27.8 Å². The van der Waals surface area contributed by atoms with Gasteiger partial charge in [-0.2, -0.15) is 0 Å². The van der Waals surface area contributed by atoms with Crippen molar-refractivity contribution in [3.63, 3.8) is 0 Å². The van der Waals surface area contributed by atoms with E-state index < -0.39 is 47.6 Å². The molecule has 3 atom stereocenters. The molecule has 0 aliphatic carbocycles. The van der Waals surface area contributed by atoms with Crippen molar-refractivity contribution in [3.8, 4) is 5.75 Å². The van der Waals surface area contributed by atoms with Crippen molar-refractivity contribution in [1.29, 1.82) is 0 Å². The molecule has 2 bridgehead atoms. The molecule has 43 heavy (non-hydrogen) atoms. The molecule has 1 aliphatic rings. The first-order valence-corrected chi connectivity index (χ1v) is 13.9. The van der Waals surface area contributed by atoms with Crippen LogP contribution in [0.2, 0.25) is 0 Å². The Labute approximate surface area is 253 Å². The Hall–Kier alpha value is -4.32. The first kappa shape index (κ1) is 34.9. The quantitative estimate of drug-likeness (QED) is 0.273. The van der Waals surface area contributed by atoms with E-state index in [0.29, 0.717) is 28.2 Å². The first-order chi connectivity index (χ1) is 20.2. The number of benzene rings is 1. The van der Waals surface area contributed by atoms with Crippen molar-refractivity contribution < 1.29 is 38.1 Å². The molecular weight excluding hydrogens is 556 g/mol. The minimum atomic E-state index is -0.992. The van der Waals surface area contributed by atoms with Gasteiger partial charge in [-0.1, -0.05) is 24.3 Å². The first-order valence-electron chi connectivity index (χ1n) is 13.9. The largest absolute Gasteiger partial charge is 0.496 e. The lowest BCUT2D eigenvalue weighted by Gasteiger charge is -2.25. The van der Waals surface area contributed by atoms with Crippen molar-refractivity contribution in [2.45, 2.75) is 64.8 Å². The Morgan fingerprint density at radius 2 is 1.72 bits per heavy atom. The zero-order valence-electron chi connectivity index (χ0n) is 26.2. The van der Waals surface area contributed by atoms with Gasteiger partial charge in [0.05, 0.1) is 21.3 Å². The fourth-order valence-electron chi connectivity index (χ4n) is 4.23. The third-order valence-corrected chi connectivity index (χ3v) is 6.40. The number of methoxy groups -OCH3 is 3. The summed E-state index contributed by atoms with van der Waals surface area (Å²) < 4.78 is 21.4. The number of alkyl carbamates (subject to hydrolysis) is 1. The second-order valence-electron chi connectivity index (χ2n) is 11.0. The molecule has 12 heteroatoms. The molecule has 1 aliphatic heterocycles. The smallest absolute Gasteiger partial charge is 0.407 e. The Morgan fingerprint density at radius 1 is 1.02 bits per heavy atom. The van der Waals surface area contributed by atoms with Gasteiger partial charge in [-0.05, 0) is 64.8 Å². The van der Waals surface area contributed by atoms with E-state index in [9.17, 15) is 19.2 Å². The number of rotatable bonds is 7. The Kier molecular flexibility index (Phi) is 12.8. The molecule has 0 radical (unpaired) electrons. The molecule has 236 valence electrons. The van der Waals surface area contributed by atoms with Crippen LogP contribution >= 0.6 is 0 Å². The fourth-order valence-corrected chi connectivity index (χ4v) is 4.23. The van der Waals surface area contributed by atoms with Gasteiger partial charge in [-0.15, -0.1) is 0 Å². The summed E-state index contributed by atoms with van der Waals surface area (Å²) in [6.07, 6.45) is 3.04. The number of allylic oxidation sites excluding steroid dienone is 3. The number of carbonyl (C=O) groups excluding carboxylic acids is 4. The van der Waals surface area contributed by atoms with Gasteiger partial charge in [0.2, 0.25) is 11.8 Å². The highest BCUT2D eigenvalue weighted by atomic mass is 16.6. The third-order valence-electron chi connectivity index (χ3n) is 6.40. The summed E-state index contributed by atoms with van der Waals surface area (Å²) in [4.78, 5) is 51.2. The van der Waals surface area contributed by atoms with Gasteiger partial charge in [0.15, 0.2) is 0 Å². The average molecular weight is 601 g/mol. The number of carbonyl (C=O) groups is 4. The SMILES string of the molecule is C=C1/C(OC)=C\C=C(/C)C[C@@H](C(=O)OC)NC(=O)[C@H](C)NC(=O)[C@@H](NCCNC(=O)OC(C)(C)C)c2ccc(OC)c1c2. The molecule has 3 amide bonds. The van der Waals surface area contributed by atoms with Crippen LogP contribution < -0.4 is 26.0 Å². The molecule has 0 saturated heterocycles. The number of nitrogens with one attached hydrogen (secondary N) is 4. The standard InChI is InChI=1S/C31H44N4O8/c1-18-10-12-24(40-7)19(2)22-17-21(11-13-25(22)41-8)26(32-14-15-33-30(39)43-31(4,5)6)28(37)34-20(3)27(36)35-23(16-18)29(38)42-9/h10-13,17,20,23,26,32H,2,14-16H2,1,3-9H3,(H,33,39)(H,34,37)(H,35,36)/b18-10+,24-12+/t20-,23-,26-/m0/s1. The molecule has 1 heterocycles. The predicted octanol–water partition coefficient (Wildman–Crippen LogP) is 2.91. The van der Waals surface area contributed by atoms with Gasteiger partial charge in [0, 0.05) is 24.2 Å². The van der Waals surface area contributed by atoms with Gasteiger partial charge >= 0.3 is 12.1 Å². The summed E-state index contributed by atoms with van der Waals surface area (Å²) in [7, 11) is 4.26. The molecule has 1 aromatic carbocycles. The van der Waals surface area contributed by atoms with Crippen LogP contribution in [0.15, 0.2) is 48.3 Å². The number of hydrogen-bond acceptors (Lipinski definition) is 9. The second kappa shape index (κ2) is 15.8. The highest BCUT2D eigenvalue weighted by molar-refractivity contribution is 5.92. The molecule has 0 aromatic heterocycles. The van der Waals surface area contributed by atoms with E-state index in [-0.39, 0.29) is 19.5 Å². The number of ether oxygens (including phenoxy) is 4. The minimum Gasteiger partial charge on any atom is -0.496 e. The highest BCUT2D eigenvalue weighted by Crippen LogP contribution is 2.33. The van der Waals surface area contributed by atoms with E-state index in [0.717, 1.165) is 5.57 Å². The second-order valence-corrected chi connectivity index (χ2v) is 11.0. The number of esters is 1. The Morgan fingerprint density at radius 3 is 2.33 bits per heavy atom. The Bertz CT molecular complexity index is 1260. The van der Waals surface area contributed by atoms with Crippen molar-refractivity contribution >= 4 is 29.5 Å². The minimum absolute atomic E-state index is 0.159. The van der Waals surface area contributed by atoms with Crippen molar-refractivity contribution in [2.24, 2.45) is 0 Å². The highest BCUT2D eigenvalue weighted by Gasteiger charge is 2.29. The van der Waals surface area contributed by atoms with Gasteiger partial charge in [0.1, 0.15) is 35.2 Å². The average Bonchev–Trinajstić information content (AvgIpc) is 2.94. The van der Waals surface area contributed by atoms with Gasteiger partial charge < -0.3 is 40.2 Å². The maximum absolute atomic E-state index is 13.6. The van der Waals surface area contributed by atoms with Crippen molar-refractivity contribution in [3.05, 3.63) is 59.4 Å². The van der Waals surface area contributed by atoms with Gasteiger partial charge in [0.25, 0.3) is 0 Å². The summed E-state index contributed by atoms with van der Waals surface area (Å²) in [6, 6.07) is 2.26. The van der Waals surface area contributed by atoms with Crippen LogP contribution in [0.1, 0.15) is 58.2 Å². The monoisotopic (exact) mass is 600 g/mol. The Balaban J connectivity index is 2.53. The van der Waals surface area contributed by atoms with E-state index in [4.69, 9.17) is 18.9 Å². The molecule has 4 N–H and O–H groups in total. The molecule has 1 aromatic rings. The van der Waals surface area contributed by atoms with Crippen LogP contribution in [0.25, 0.3) is 5.57 Å². The number of amides is 3. The van der Waals surface area contributed by atoms with E-state index in [1.807, 2.05) is 0 Å². The summed E-state index contributed by atoms with van der Waals surface area (Å²) in [5.74, 6) is -0.779. The summed E-state index contributed by atoms with van der Waals surface area (Å²) in [6.45, 7) is 13.2. The summed E-state index contributed by atoms with van der Waals surface area (Å²) in [5.41, 5.74) is 1.72. The lowest BCUT2D eigenvalue weighted by molar-refractivity contribution is -0.145. The van der Waals surface area contributed by atoms with Crippen molar-refractivity contribution in [2.75, 3.05) is 34.4 Å². The van der Waals surface area contributed by atoms with Crippen LogP contribution in [0.4, 0.5) is 4.79 Å². The van der Waals surface area contributed by atoms with Crippen LogP contribution in [-0.4, -0.2) is 76.0 Å². The van der Waals surface area contributed by atoms with Gasteiger partial charge in [-0.3, -0.25) is 9.59 Å². The third kappa shape index (κ3) is 10.5. The zero-order valence-corrected chi connectivity index (χ0v) is 26.2. The van der Waals surface area contributed by atoms with E-state index in [1.54, 1.807) is 58.0 Å². The molecule has 0 fully saturated rings. The molecule has 2 rings (SSSR count). The maximum atomic E-state index is 13.6. The van der Waals surface area contributed by atoms with Crippen LogP contribution in [0, 0.1) is 0 Å². The fraction of sp³-hybridized carbons (Fsp3) is 0.484.